The summed E-state index contributed by atoms with van der Waals surface area (Å²) in [6.45, 7) is 0.715. The summed E-state index contributed by atoms with van der Waals surface area (Å²) in [7, 11) is 0. The van der Waals surface area contributed by atoms with Crippen LogP contribution in [0.25, 0.3) is 0 Å². The number of carbonyl (C=O) groups excluding carboxylic acids is 1. The molecule has 0 aliphatic carbocycles. The number of aromatic hydroxyl groups is 1. The van der Waals surface area contributed by atoms with E-state index in [1.54, 1.807) is 30.5 Å². The van der Waals surface area contributed by atoms with Crippen LogP contribution in [0.1, 0.15) is 16.1 Å². The molecule has 5 heteroatoms. The highest BCUT2D eigenvalue weighted by atomic mass is 16.3. The van der Waals surface area contributed by atoms with Gasteiger partial charge in [-0.05, 0) is 36.2 Å². The first kappa shape index (κ1) is 12.9. The molecule has 98 valence electrons. The van der Waals surface area contributed by atoms with Crippen LogP contribution in [0, 0.1) is 0 Å². The lowest BCUT2D eigenvalue weighted by Crippen LogP contribution is -2.13. The highest BCUT2D eigenvalue weighted by molar-refractivity contribution is 5.91. The molecule has 4 N–H and O–H groups in total. The summed E-state index contributed by atoms with van der Waals surface area (Å²) in [6, 6.07) is 10.5. The fraction of sp³-hybridized carbons (Fsp3) is 0.143. The zero-order valence-electron chi connectivity index (χ0n) is 10.3. The average Bonchev–Trinajstić information content (AvgIpc) is 2.41. The Morgan fingerprint density at radius 2 is 2.00 bits per heavy atom. The standard InChI is InChI=1S/C14H15N3O2/c15-14(19)13-9-11(6-8-17-13)16-7-5-10-1-3-12(18)4-2-10/h1-4,6,8-9,18H,5,7H2,(H2,15,19)(H,16,17). The molecular weight excluding hydrogens is 242 g/mol. The van der Waals surface area contributed by atoms with Gasteiger partial charge >= 0.3 is 0 Å². The number of hydrogen-bond acceptors (Lipinski definition) is 4. The number of amides is 1. The van der Waals surface area contributed by atoms with E-state index in [2.05, 4.69) is 10.3 Å². The number of aromatic nitrogens is 1. The summed E-state index contributed by atoms with van der Waals surface area (Å²) in [5, 5.41) is 12.4. The van der Waals surface area contributed by atoms with Crippen molar-refractivity contribution in [1.29, 1.82) is 0 Å². The number of nitrogens with one attached hydrogen (secondary N) is 1. The van der Waals surface area contributed by atoms with Gasteiger partial charge in [-0.3, -0.25) is 9.78 Å². The lowest BCUT2D eigenvalue weighted by atomic mass is 10.1. The predicted molar refractivity (Wildman–Crippen MR) is 73.1 cm³/mol. The molecule has 0 radical (unpaired) electrons. The third kappa shape index (κ3) is 3.70. The van der Waals surface area contributed by atoms with Gasteiger partial charge in [0.25, 0.3) is 5.91 Å². The Labute approximate surface area is 111 Å². The number of pyridine rings is 1. The normalized spacial score (nSPS) is 10.1. The van der Waals surface area contributed by atoms with Crippen LogP contribution in [0.5, 0.6) is 5.75 Å². The molecule has 0 aliphatic heterocycles. The van der Waals surface area contributed by atoms with Gasteiger partial charge < -0.3 is 16.2 Å². The summed E-state index contributed by atoms with van der Waals surface area (Å²) in [6.07, 6.45) is 2.36. The van der Waals surface area contributed by atoms with Gasteiger partial charge in [-0.25, -0.2) is 0 Å². The summed E-state index contributed by atoms with van der Waals surface area (Å²) in [5.74, 6) is -0.279. The molecule has 0 aliphatic rings. The monoisotopic (exact) mass is 257 g/mol. The summed E-state index contributed by atoms with van der Waals surface area (Å²) in [4.78, 5) is 14.9. The number of hydrogen-bond donors (Lipinski definition) is 3. The van der Waals surface area contributed by atoms with Crippen LogP contribution in [0.15, 0.2) is 42.6 Å². The van der Waals surface area contributed by atoms with Crippen LogP contribution >= 0.6 is 0 Å². The van der Waals surface area contributed by atoms with Crippen molar-refractivity contribution in [2.45, 2.75) is 6.42 Å². The molecule has 0 unspecified atom stereocenters. The number of anilines is 1. The van der Waals surface area contributed by atoms with Crippen molar-refractivity contribution >= 4 is 11.6 Å². The molecule has 1 aromatic heterocycles. The third-order valence-electron chi connectivity index (χ3n) is 2.69. The molecule has 19 heavy (non-hydrogen) atoms. The molecular formula is C14H15N3O2. The molecule has 0 fully saturated rings. The van der Waals surface area contributed by atoms with E-state index in [4.69, 9.17) is 5.73 Å². The van der Waals surface area contributed by atoms with Crippen LogP contribution in [-0.2, 0) is 6.42 Å². The lowest BCUT2D eigenvalue weighted by Gasteiger charge is -2.07. The number of primary amides is 1. The number of rotatable bonds is 5. The van der Waals surface area contributed by atoms with Gasteiger partial charge in [0, 0.05) is 18.4 Å². The molecule has 0 spiro atoms. The van der Waals surface area contributed by atoms with Crippen molar-refractivity contribution in [3.63, 3.8) is 0 Å². The molecule has 2 aromatic rings. The van der Waals surface area contributed by atoms with Gasteiger partial charge in [-0.2, -0.15) is 0 Å². The molecule has 1 aromatic carbocycles. The lowest BCUT2D eigenvalue weighted by molar-refractivity contribution is 0.0995. The smallest absolute Gasteiger partial charge is 0.267 e. The van der Waals surface area contributed by atoms with E-state index >= 15 is 0 Å². The van der Waals surface area contributed by atoms with E-state index in [0.717, 1.165) is 17.7 Å². The van der Waals surface area contributed by atoms with Crippen molar-refractivity contribution in [3.05, 3.63) is 53.9 Å². The van der Waals surface area contributed by atoms with Crippen LogP contribution < -0.4 is 11.1 Å². The number of nitrogens with two attached hydrogens (primary N) is 1. The third-order valence-corrected chi connectivity index (χ3v) is 2.69. The quantitative estimate of drug-likeness (QED) is 0.758. The zero-order chi connectivity index (χ0) is 13.7. The van der Waals surface area contributed by atoms with Gasteiger partial charge in [0.15, 0.2) is 0 Å². The average molecular weight is 257 g/mol. The number of phenolic OH excluding ortho intramolecular Hbond substituents is 1. The Balaban J connectivity index is 1.90. The topological polar surface area (TPSA) is 88.2 Å². The summed E-state index contributed by atoms with van der Waals surface area (Å²) in [5.41, 5.74) is 7.34. The van der Waals surface area contributed by atoms with Gasteiger partial charge in [0.1, 0.15) is 11.4 Å². The summed E-state index contributed by atoms with van der Waals surface area (Å²) >= 11 is 0. The Kier molecular flexibility index (Phi) is 3.97. The Morgan fingerprint density at radius 1 is 1.26 bits per heavy atom. The van der Waals surface area contributed by atoms with Crippen molar-refractivity contribution in [2.75, 3.05) is 11.9 Å². The molecule has 1 heterocycles. The molecule has 2 rings (SSSR count). The van der Waals surface area contributed by atoms with Crippen LogP contribution in [-0.4, -0.2) is 22.5 Å². The number of benzene rings is 1. The van der Waals surface area contributed by atoms with Crippen LogP contribution in [0.4, 0.5) is 5.69 Å². The van der Waals surface area contributed by atoms with E-state index < -0.39 is 5.91 Å². The Hall–Kier alpha value is -2.56. The SMILES string of the molecule is NC(=O)c1cc(NCCc2ccc(O)cc2)ccn1. The predicted octanol–water partition coefficient (Wildman–Crippen LogP) is 1.54. The zero-order valence-corrected chi connectivity index (χ0v) is 10.3. The summed E-state index contributed by atoms with van der Waals surface area (Å²) < 4.78 is 0. The second-order valence-electron chi connectivity index (χ2n) is 4.14. The van der Waals surface area contributed by atoms with Gasteiger partial charge in [-0.1, -0.05) is 12.1 Å². The Bertz CT molecular complexity index is 567. The molecule has 0 saturated carbocycles. The number of carbonyl (C=O) groups is 1. The van der Waals surface area contributed by atoms with E-state index in [0.29, 0.717) is 6.54 Å². The first-order chi connectivity index (χ1) is 9.15. The second-order valence-corrected chi connectivity index (χ2v) is 4.14. The van der Waals surface area contributed by atoms with E-state index in [-0.39, 0.29) is 11.4 Å². The van der Waals surface area contributed by atoms with Gasteiger partial charge in [0.05, 0.1) is 0 Å². The van der Waals surface area contributed by atoms with E-state index in [1.807, 2.05) is 12.1 Å². The minimum Gasteiger partial charge on any atom is -0.508 e. The molecule has 0 atom stereocenters. The van der Waals surface area contributed by atoms with Crippen LogP contribution in [0.3, 0.4) is 0 Å². The Morgan fingerprint density at radius 3 is 2.68 bits per heavy atom. The second kappa shape index (κ2) is 5.86. The highest BCUT2D eigenvalue weighted by Gasteiger charge is 2.02. The van der Waals surface area contributed by atoms with E-state index in [9.17, 15) is 9.90 Å². The fourth-order valence-electron chi connectivity index (χ4n) is 1.69. The molecule has 1 amide bonds. The van der Waals surface area contributed by atoms with Crippen molar-refractivity contribution < 1.29 is 9.90 Å². The van der Waals surface area contributed by atoms with Crippen molar-refractivity contribution in [3.8, 4) is 5.75 Å². The first-order valence-corrected chi connectivity index (χ1v) is 5.93. The maximum Gasteiger partial charge on any atom is 0.267 e. The molecule has 0 bridgehead atoms. The minimum absolute atomic E-state index is 0.245. The molecule has 5 nitrogen and oxygen atoms in total. The van der Waals surface area contributed by atoms with Crippen molar-refractivity contribution in [2.24, 2.45) is 5.73 Å². The molecule has 0 saturated heterocycles. The highest BCUT2D eigenvalue weighted by Crippen LogP contribution is 2.11. The van der Waals surface area contributed by atoms with Crippen molar-refractivity contribution in [1.82, 2.24) is 4.98 Å². The maximum absolute atomic E-state index is 11.0. The number of phenols is 1. The first-order valence-electron chi connectivity index (χ1n) is 5.93. The largest absolute Gasteiger partial charge is 0.508 e. The maximum atomic E-state index is 11.0. The van der Waals surface area contributed by atoms with Crippen LogP contribution in [0.2, 0.25) is 0 Å². The van der Waals surface area contributed by atoms with E-state index in [1.165, 1.54) is 0 Å². The van der Waals surface area contributed by atoms with Gasteiger partial charge in [-0.15, -0.1) is 0 Å². The number of nitrogens with zero attached hydrogens (tertiary/aromatic N) is 1. The fourth-order valence-corrected chi connectivity index (χ4v) is 1.69. The minimum atomic E-state index is -0.540. The van der Waals surface area contributed by atoms with Gasteiger partial charge in [0.2, 0.25) is 0 Å².